The van der Waals surface area contributed by atoms with Gasteiger partial charge in [0.25, 0.3) is 0 Å². The van der Waals surface area contributed by atoms with E-state index >= 15 is 0 Å². The number of aliphatic hydroxyl groups is 1. The highest BCUT2D eigenvalue weighted by Gasteiger charge is 2.28. The normalized spacial score (nSPS) is 19.2. The molecular formula is C13H17ClFNO. The van der Waals surface area contributed by atoms with Gasteiger partial charge in [0.15, 0.2) is 0 Å². The average molecular weight is 258 g/mol. The second kappa shape index (κ2) is 5.34. The molecule has 0 amide bonds. The van der Waals surface area contributed by atoms with E-state index in [2.05, 4.69) is 5.32 Å². The van der Waals surface area contributed by atoms with Gasteiger partial charge in [0.2, 0.25) is 0 Å². The zero-order valence-corrected chi connectivity index (χ0v) is 10.4. The Labute approximate surface area is 106 Å². The van der Waals surface area contributed by atoms with Gasteiger partial charge in [-0.25, -0.2) is 4.39 Å². The van der Waals surface area contributed by atoms with Gasteiger partial charge in [-0.05, 0) is 56.5 Å². The van der Waals surface area contributed by atoms with Crippen molar-refractivity contribution in [1.82, 2.24) is 5.32 Å². The molecule has 0 aromatic heterocycles. The van der Waals surface area contributed by atoms with Crippen LogP contribution < -0.4 is 5.32 Å². The summed E-state index contributed by atoms with van der Waals surface area (Å²) in [6.45, 7) is 1.71. The highest BCUT2D eigenvalue weighted by Crippen LogP contribution is 2.25. The maximum atomic E-state index is 13.2. The van der Waals surface area contributed by atoms with E-state index in [-0.39, 0.29) is 10.8 Å². The van der Waals surface area contributed by atoms with Crippen molar-refractivity contribution in [3.63, 3.8) is 0 Å². The molecule has 1 heterocycles. The summed E-state index contributed by atoms with van der Waals surface area (Å²) >= 11 is 5.62. The van der Waals surface area contributed by atoms with Crippen molar-refractivity contribution in [3.05, 3.63) is 34.6 Å². The topological polar surface area (TPSA) is 32.3 Å². The third-order valence-electron chi connectivity index (χ3n) is 3.40. The van der Waals surface area contributed by atoms with Crippen LogP contribution in [0.5, 0.6) is 0 Å². The van der Waals surface area contributed by atoms with Crippen LogP contribution in [0.2, 0.25) is 5.02 Å². The Morgan fingerprint density at radius 3 is 2.71 bits per heavy atom. The molecule has 2 rings (SSSR count). The fourth-order valence-electron chi connectivity index (χ4n) is 2.21. The van der Waals surface area contributed by atoms with Crippen LogP contribution in [0.3, 0.4) is 0 Å². The minimum Gasteiger partial charge on any atom is -0.390 e. The summed E-state index contributed by atoms with van der Waals surface area (Å²) in [5.74, 6) is -0.388. The standard InChI is InChI=1S/C13H17ClFNO/c14-11-2-1-10(9-12(11)15)3-4-13(17)5-7-16-8-6-13/h1-2,9,16-17H,3-8H2. The van der Waals surface area contributed by atoms with Gasteiger partial charge in [0, 0.05) is 0 Å². The molecule has 1 aliphatic heterocycles. The lowest BCUT2D eigenvalue weighted by molar-refractivity contribution is 0.00280. The third kappa shape index (κ3) is 3.41. The molecule has 1 aromatic carbocycles. The van der Waals surface area contributed by atoms with Crippen molar-refractivity contribution in [2.45, 2.75) is 31.3 Å². The number of benzene rings is 1. The van der Waals surface area contributed by atoms with E-state index in [0.29, 0.717) is 12.8 Å². The molecule has 0 saturated carbocycles. The molecule has 0 unspecified atom stereocenters. The second-order valence-corrected chi connectivity index (χ2v) is 5.13. The highest BCUT2D eigenvalue weighted by molar-refractivity contribution is 6.30. The minimum atomic E-state index is -0.596. The van der Waals surface area contributed by atoms with E-state index in [1.54, 1.807) is 6.07 Å². The average Bonchev–Trinajstić information content (AvgIpc) is 2.32. The lowest BCUT2D eigenvalue weighted by atomic mass is 9.86. The molecule has 2 N–H and O–H groups in total. The molecule has 1 aromatic rings. The summed E-state index contributed by atoms with van der Waals surface area (Å²) in [6, 6.07) is 4.83. The van der Waals surface area contributed by atoms with Crippen molar-refractivity contribution in [1.29, 1.82) is 0 Å². The molecule has 1 saturated heterocycles. The summed E-state index contributed by atoms with van der Waals surface area (Å²) < 4.78 is 13.2. The van der Waals surface area contributed by atoms with Gasteiger partial charge in [-0.3, -0.25) is 0 Å². The lowest BCUT2D eigenvalue weighted by Gasteiger charge is -2.32. The highest BCUT2D eigenvalue weighted by atomic mass is 35.5. The summed E-state index contributed by atoms with van der Waals surface area (Å²) in [7, 11) is 0. The smallest absolute Gasteiger partial charge is 0.142 e. The molecule has 4 heteroatoms. The Bertz CT molecular complexity index is 391. The number of aryl methyl sites for hydroxylation is 1. The van der Waals surface area contributed by atoms with E-state index in [1.807, 2.05) is 6.07 Å². The molecule has 0 radical (unpaired) electrons. The van der Waals surface area contributed by atoms with Crippen molar-refractivity contribution in [2.75, 3.05) is 13.1 Å². The van der Waals surface area contributed by atoms with Crippen LogP contribution in [-0.4, -0.2) is 23.8 Å². The summed E-state index contributed by atoms with van der Waals surface area (Å²) in [5.41, 5.74) is 0.292. The largest absolute Gasteiger partial charge is 0.390 e. The molecular weight excluding hydrogens is 241 g/mol. The van der Waals surface area contributed by atoms with Crippen LogP contribution in [0.15, 0.2) is 18.2 Å². The van der Waals surface area contributed by atoms with Crippen LogP contribution in [0.1, 0.15) is 24.8 Å². The van der Waals surface area contributed by atoms with Crippen LogP contribution in [0.25, 0.3) is 0 Å². The van der Waals surface area contributed by atoms with Crippen molar-refractivity contribution >= 4 is 11.6 Å². The van der Waals surface area contributed by atoms with E-state index in [4.69, 9.17) is 11.6 Å². The zero-order valence-electron chi connectivity index (χ0n) is 9.68. The summed E-state index contributed by atoms with van der Waals surface area (Å²) in [5, 5.41) is 13.7. The van der Waals surface area contributed by atoms with Crippen molar-refractivity contribution < 1.29 is 9.50 Å². The monoisotopic (exact) mass is 257 g/mol. The number of nitrogens with one attached hydrogen (secondary N) is 1. The van der Waals surface area contributed by atoms with E-state index in [9.17, 15) is 9.50 Å². The maximum absolute atomic E-state index is 13.2. The molecule has 1 fully saturated rings. The van der Waals surface area contributed by atoms with Gasteiger partial charge < -0.3 is 10.4 Å². The SMILES string of the molecule is OC1(CCc2ccc(Cl)c(F)c2)CCNCC1. The first-order valence-corrected chi connectivity index (χ1v) is 6.34. The number of piperidine rings is 1. The number of hydrogen-bond acceptors (Lipinski definition) is 2. The predicted molar refractivity (Wildman–Crippen MR) is 66.8 cm³/mol. The third-order valence-corrected chi connectivity index (χ3v) is 3.70. The fraction of sp³-hybridized carbons (Fsp3) is 0.538. The van der Waals surface area contributed by atoms with E-state index < -0.39 is 5.60 Å². The minimum absolute atomic E-state index is 0.148. The van der Waals surface area contributed by atoms with Gasteiger partial charge in [0.05, 0.1) is 10.6 Å². The fourth-order valence-corrected chi connectivity index (χ4v) is 2.33. The summed E-state index contributed by atoms with van der Waals surface area (Å²) in [4.78, 5) is 0. The Morgan fingerprint density at radius 1 is 1.35 bits per heavy atom. The first kappa shape index (κ1) is 12.8. The Hall–Kier alpha value is -0.640. The van der Waals surface area contributed by atoms with Crippen LogP contribution >= 0.6 is 11.6 Å². The van der Waals surface area contributed by atoms with Gasteiger partial charge >= 0.3 is 0 Å². The lowest BCUT2D eigenvalue weighted by Crippen LogP contribution is -2.42. The van der Waals surface area contributed by atoms with Crippen LogP contribution in [0, 0.1) is 5.82 Å². The van der Waals surface area contributed by atoms with Crippen LogP contribution in [-0.2, 0) is 6.42 Å². The molecule has 0 aliphatic carbocycles. The Balaban J connectivity index is 1.94. The molecule has 17 heavy (non-hydrogen) atoms. The van der Waals surface area contributed by atoms with Crippen molar-refractivity contribution in [3.8, 4) is 0 Å². The number of rotatable bonds is 3. The first-order valence-electron chi connectivity index (χ1n) is 5.96. The van der Waals surface area contributed by atoms with Crippen molar-refractivity contribution in [2.24, 2.45) is 0 Å². The van der Waals surface area contributed by atoms with E-state index in [0.717, 1.165) is 31.5 Å². The number of hydrogen-bond donors (Lipinski definition) is 2. The quantitative estimate of drug-likeness (QED) is 0.872. The molecule has 0 bridgehead atoms. The molecule has 1 aliphatic rings. The first-order chi connectivity index (χ1) is 8.09. The molecule has 2 nitrogen and oxygen atoms in total. The predicted octanol–water partition coefficient (Wildman–Crippen LogP) is 2.53. The number of halogens is 2. The van der Waals surface area contributed by atoms with Gasteiger partial charge in [0.1, 0.15) is 5.82 Å². The maximum Gasteiger partial charge on any atom is 0.142 e. The van der Waals surface area contributed by atoms with Gasteiger partial charge in [-0.2, -0.15) is 0 Å². The second-order valence-electron chi connectivity index (χ2n) is 4.72. The van der Waals surface area contributed by atoms with Gasteiger partial charge in [-0.15, -0.1) is 0 Å². The van der Waals surface area contributed by atoms with Gasteiger partial charge in [-0.1, -0.05) is 17.7 Å². The zero-order chi connectivity index (χ0) is 12.3. The molecule has 94 valence electrons. The molecule has 0 spiro atoms. The van der Waals surface area contributed by atoms with E-state index in [1.165, 1.54) is 6.07 Å². The van der Waals surface area contributed by atoms with Crippen LogP contribution in [0.4, 0.5) is 4.39 Å². The Kier molecular flexibility index (Phi) is 4.02. The Morgan fingerprint density at radius 2 is 2.06 bits per heavy atom. The molecule has 0 atom stereocenters. The summed E-state index contributed by atoms with van der Waals surface area (Å²) in [6.07, 6.45) is 2.90.